The summed E-state index contributed by atoms with van der Waals surface area (Å²) in [6.45, 7) is 6.43. The highest BCUT2D eigenvalue weighted by atomic mass is 35.5. The number of anilines is 1. The van der Waals surface area contributed by atoms with Crippen LogP contribution in [0.15, 0.2) is 23.4 Å². The highest BCUT2D eigenvalue weighted by molar-refractivity contribution is 7.99. The van der Waals surface area contributed by atoms with Gasteiger partial charge in [-0.15, -0.1) is 21.5 Å². The number of rotatable bonds is 10. The molecule has 0 saturated heterocycles. The molecule has 1 aliphatic rings. The van der Waals surface area contributed by atoms with E-state index in [1.807, 2.05) is 25.3 Å². The van der Waals surface area contributed by atoms with Crippen LogP contribution < -0.4 is 16.4 Å². The monoisotopic (exact) mass is 608 g/mol. The molecule has 1 aromatic carbocycles. The Balaban J connectivity index is 1.47. The number of thioether (sulfide) groups is 1. The maximum atomic E-state index is 13.0. The number of nitrogens with one attached hydrogen (secondary N) is 2. The lowest BCUT2D eigenvalue weighted by Crippen LogP contribution is -2.34. The van der Waals surface area contributed by atoms with Crippen LogP contribution in [0.3, 0.4) is 0 Å². The number of carbonyl (C=O) groups is 3. The molecule has 0 unspecified atom stereocenters. The quantitative estimate of drug-likeness (QED) is 0.260. The third-order valence-electron chi connectivity index (χ3n) is 6.47. The number of nitrogens with zero attached hydrogens (tertiary/aromatic N) is 3. The highest BCUT2D eigenvalue weighted by Gasteiger charge is 2.28. The van der Waals surface area contributed by atoms with E-state index in [1.54, 1.807) is 12.1 Å². The van der Waals surface area contributed by atoms with Crippen LogP contribution in [0.5, 0.6) is 0 Å². The zero-order chi connectivity index (χ0) is 28.3. The molecule has 1 atom stereocenters. The zero-order valence-corrected chi connectivity index (χ0v) is 25.0. The standard InChI is InChI=1S/C26H30Cl2N6O3S2/c1-4-34-23(21(13(2)3)31-24(37)15-10-9-14(27)11-17(15)28)32-33-26(34)38-12-19(35)30-25-20(22(29)36)16-7-5-6-8-18(16)39-25/h9-11,13,21H,4-8,12H2,1-3H3,(H2,29,36)(H,30,35)(H,31,37)/t21-/m1/s1. The van der Waals surface area contributed by atoms with Crippen molar-refractivity contribution in [2.45, 2.75) is 64.2 Å². The minimum absolute atomic E-state index is 0.00671. The molecule has 0 aliphatic heterocycles. The van der Waals surface area contributed by atoms with E-state index < -0.39 is 11.9 Å². The molecular weight excluding hydrogens is 579 g/mol. The number of amides is 3. The summed E-state index contributed by atoms with van der Waals surface area (Å²) in [7, 11) is 0. The van der Waals surface area contributed by atoms with Crippen LogP contribution in [0.2, 0.25) is 10.0 Å². The summed E-state index contributed by atoms with van der Waals surface area (Å²) in [6, 6.07) is 4.26. The van der Waals surface area contributed by atoms with Gasteiger partial charge in [0.25, 0.3) is 11.8 Å². The van der Waals surface area contributed by atoms with Crippen LogP contribution in [0.4, 0.5) is 5.00 Å². The summed E-state index contributed by atoms with van der Waals surface area (Å²) in [6.07, 6.45) is 3.77. The minimum atomic E-state index is -0.519. The number of benzene rings is 1. The van der Waals surface area contributed by atoms with Crippen molar-refractivity contribution in [1.82, 2.24) is 20.1 Å². The molecule has 39 heavy (non-hydrogen) atoms. The normalized spacial score (nSPS) is 13.7. The summed E-state index contributed by atoms with van der Waals surface area (Å²) in [5.41, 5.74) is 7.37. The number of carbonyl (C=O) groups excluding carboxylic acids is 3. The number of nitrogens with two attached hydrogens (primary N) is 1. The van der Waals surface area contributed by atoms with Gasteiger partial charge in [-0.05, 0) is 62.3 Å². The fourth-order valence-corrected chi connectivity index (χ4v) is 7.18. The van der Waals surface area contributed by atoms with Gasteiger partial charge in [0.15, 0.2) is 11.0 Å². The Kier molecular flexibility index (Phi) is 9.58. The van der Waals surface area contributed by atoms with Crippen LogP contribution in [-0.2, 0) is 24.2 Å². The lowest BCUT2D eigenvalue weighted by Gasteiger charge is -2.22. The van der Waals surface area contributed by atoms with Crippen LogP contribution >= 0.6 is 46.3 Å². The Morgan fingerprint density at radius 3 is 2.59 bits per heavy atom. The van der Waals surface area contributed by atoms with Gasteiger partial charge in [-0.3, -0.25) is 14.4 Å². The Morgan fingerprint density at radius 2 is 1.92 bits per heavy atom. The first kappa shape index (κ1) is 29.4. The van der Waals surface area contributed by atoms with Crippen molar-refractivity contribution in [3.63, 3.8) is 0 Å². The van der Waals surface area contributed by atoms with Crippen molar-refractivity contribution < 1.29 is 14.4 Å². The number of aromatic nitrogens is 3. The van der Waals surface area contributed by atoms with Gasteiger partial charge >= 0.3 is 0 Å². The fourth-order valence-electron chi connectivity index (χ4n) is 4.56. The molecule has 9 nitrogen and oxygen atoms in total. The molecule has 0 saturated carbocycles. The number of primary amides is 1. The van der Waals surface area contributed by atoms with Gasteiger partial charge in [-0.25, -0.2) is 0 Å². The van der Waals surface area contributed by atoms with E-state index >= 15 is 0 Å². The third kappa shape index (κ3) is 6.59. The molecule has 2 aromatic heterocycles. The van der Waals surface area contributed by atoms with E-state index in [0.29, 0.717) is 38.7 Å². The molecule has 1 aliphatic carbocycles. The van der Waals surface area contributed by atoms with Crippen LogP contribution in [0.25, 0.3) is 0 Å². The molecule has 208 valence electrons. The van der Waals surface area contributed by atoms with Crippen molar-refractivity contribution in [1.29, 1.82) is 0 Å². The molecule has 3 aromatic rings. The summed E-state index contributed by atoms with van der Waals surface area (Å²) in [4.78, 5) is 39.1. The lowest BCUT2D eigenvalue weighted by molar-refractivity contribution is -0.113. The second-order valence-electron chi connectivity index (χ2n) is 9.52. The van der Waals surface area contributed by atoms with E-state index in [9.17, 15) is 14.4 Å². The Labute approximate surface area is 245 Å². The average molecular weight is 610 g/mol. The molecular formula is C26H30Cl2N6O3S2. The Morgan fingerprint density at radius 1 is 1.18 bits per heavy atom. The largest absolute Gasteiger partial charge is 0.365 e. The van der Waals surface area contributed by atoms with E-state index in [1.165, 1.54) is 29.2 Å². The number of hydrogen-bond acceptors (Lipinski definition) is 7. The van der Waals surface area contributed by atoms with Gasteiger partial charge in [0.1, 0.15) is 5.00 Å². The predicted molar refractivity (Wildman–Crippen MR) is 156 cm³/mol. The number of fused-ring (bicyclic) bond motifs is 1. The lowest BCUT2D eigenvalue weighted by atomic mass is 9.95. The summed E-state index contributed by atoms with van der Waals surface area (Å²) >= 11 is 14.9. The van der Waals surface area contributed by atoms with Crippen LogP contribution in [0.1, 0.15) is 76.6 Å². The van der Waals surface area contributed by atoms with E-state index in [-0.39, 0.29) is 28.5 Å². The molecule has 4 N–H and O–H groups in total. The maximum absolute atomic E-state index is 13.0. The molecule has 2 heterocycles. The van der Waals surface area contributed by atoms with Crippen LogP contribution in [-0.4, -0.2) is 38.2 Å². The smallest absolute Gasteiger partial charge is 0.253 e. The number of aryl methyl sites for hydroxylation is 1. The molecule has 0 bridgehead atoms. The zero-order valence-electron chi connectivity index (χ0n) is 21.8. The molecule has 4 rings (SSSR count). The number of hydrogen-bond donors (Lipinski definition) is 3. The average Bonchev–Trinajstić information content (AvgIpc) is 3.46. The topological polar surface area (TPSA) is 132 Å². The molecule has 0 radical (unpaired) electrons. The van der Waals surface area contributed by atoms with Gasteiger partial charge in [0, 0.05) is 16.4 Å². The SMILES string of the molecule is CCn1c(SCC(=O)Nc2sc3c(c2C(N)=O)CCCC3)nnc1[C@H](NC(=O)c1ccc(Cl)cc1Cl)C(C)C. The first-order valence-electron chi connectivity index (χ1n) is 12.7. The Bertz CT molecular complexity index is 1400. The van der Waals surface area contributed by atoms with Crippen molar-refractivity contribution in [2.75, 3.05) is 11.1 Å². The second-order valence-corrected chi connectivity index (χ2v) is 12.4. The molecule has 0 fully saturated rings. The third-order valence-corrected chi connectivity index (χ3v) is 9.19. The number of thiophene rings is 1. The summed E-state index contributed by atoms with van der Waals surface area (Å²) in [5, 5.41) is 16.3. The Hall–Kier alpha value is -2.60. The summed E-state index contributed by atoms with van der Waals surface area (Å²) < 4.78 is 1.88. The van der Waals surface area contributed by atoms with Crippen molar-refractivity contribution in [2.24, 2.45) is 11.7 Å². The van der Waals surface area contributed by atoms with Gasteiger partial charge < -0.3 is 20.9 Å². The molecule has 0 spiro atoms. The first-order valence-corrected chi connectivity index (χ1v) is 15.2. The number of halogens is 2. The van der Waals surface area contributed by atoms with Crippen molar-refractivity contribution in [3.05, 3.63) is 55.6 Å². The van der Waals surface area contributed by atoms with Gasteiger partial charge in [0.2, 0.25) is 5.91 Å². The van der Waals surface area contributed by atoms with Crippen molar-refractivity contribution >= 4 is 69.0 Å². The van der Waals surface area contributed by atoms with Crippen molar-refractivity contribution in [3.8, 4) is 0 Å². The van der Waals surface area contributed by atoms with Gasteiger partial charge in [-0.2, -0.15) is 0 Å². The maximum Gasteiger partial charge on any atom is 0.253 e. The van der Waals surface area contributed by atoms with Gasteiger partial charge in [0.05, 0.1) is 27.9 Å². The van der Waals surface area contributed by atoms with Crippen LogP contribution in [0, 0.1) is 5.92 Å². The minimum Gasteiger partial charge on any atom is -0.365 e. The predicted octanol–water partition coefficient (Wildman–Crippen LogP) is 5.50. The van der Waals surface area contributed by atoms with E-state index in [4.69, 9.17) is 28.9 Å². The molecule has 13 heteroatoms. The highest BCUT2D eigenvalue weighted by Crippen LogP contribution is 2.38. The van der Waals surface area contributed by atoms with E-state index in [0.717, 1.165) is 36.1 Å². The fraction of sp³-hybridized carbons (Fsp3) is 0.423. The van der Waals surface area contributed by atoms with E-state index in [2.05, 4.69) is 20.8 Å². The molecule has 3 amide bonds. The second kappa shape index (κ2) is 12.7. The summed E-state index contributed by atoms with van der Waals surface area (Å²) in [5.74, 6) is -0.492. The first-order chi connectivity index (χ1) is 18.6. The van der Waals surface area contributed by atoms with Gasteiger partial charge in [-0.1, -0.05) is 48.8 Å².